The molecular weight excluding hydrogens is 334 g/mol. The Morgan fingerprint density at radius 3 is 2.74 bits per heavy atom. The molecule has 0 amide bonds. The van der Waals surface area contributed by atoms with Crippen LogP contribution in [-0.4, -0.2) is 52.6 Å². The number of nitrogens with zero attached hydrogens (tertiary/aromatic N) is 6. The first-order chi connectivity index (χ1) is 11.2. The molecule has 0 aromatic carbocycles. The normalized spacial score (nSPS) is 15.6. The van der Waals surface area contributed by atoms with E-state index in [2.05, 4.69) is 41.4 Å². The lowest BCUT2D eigenvalue weighted by Gasteiger charge is -2.24. The molecular formula is C14H20ClN7S. The molecule has 2 aromatic rings. The summed E-state index contributed by atoms with van der Waals surface area (Å²) in [4.78, 5) is 17.6. The standard InChI is InChI=1S/C14H20ClN7S/c1-3-10-19-14(23-20-10)22-6-4-5-21(7-8-22)13-11(16-2)12(15)17-9-18-13/h9,16H,3-8H2,1-2H3. The van der Waals surface area contributed by atoms with Gasteiger partial charge in [0.2, 0.25) is 5.13 Å². The monoisotopic (exact) mass is 353 g/mol. The van der Waals surface area contributed by atoms with Gasteiger partial charge >= 0.3 is 0 Å². The summed E-state index contributed by atoms with van der Waals surface area (Å²) in [6.45, 7) is 5.74. The molecule has 7 nitrogen and oxygen atoms in total. The van der Waals surface area contributed by atoms with Crippen LogP contribution in [0.5, 0.6) is 0 Å². The summed E-state index contributed by atoms with van der Waals surface area (Å²) < 4.78 is 4.38. The maximum absolute atomic E-state index is 6.17. The van der Waals surface area contributed by atoms with Crippen LogP contribution in [0.2, 0.25) is 5.15 Å². The van der Waals surface area contributed by atoms with Crippen LogP contribution in [0, 0.1) is 0 Å². The summed E-state index contributed by atoms with van der Waals surface area (Å²) in [5.41, 5.74) is 0.784. The number of anilines is 3. The first kappa shape index (κ1) is 16.2. The van der Waals surface area contributed by atoms with E-state index < -0.39 is 0 Å². The molecule has 1 saturated heterocycles. The van der Waals surface area contributed by atoms with Gasteiger partial charge in [0.25, 0.3) is 0 Å². The summed E-state index contributed by atoms with van der Waals surface area (Å²) in [7, 11) is 1.84. The van der Waals surface area contributed by atoms with Crippen molar-refractivity contribution in [3.63, 3.8) is 0 Å². The highest BCUT2D eigenvalue weighted by atomic mass is 35.5. The third kappa shape index (κ3) is 3.48. The van der Waals surface area contributed by atoms with Gasteiger partial charge in [-0.2, -0.15) is 4.37 Å². The van der Waals surface area contributed by atoms with E-state index in [9.17, 15) is 0 Å². The Morgan fingerprint density at radius 1 is 1.22 bits per heavy atom. The van der Waals surface area contributed by atoms with E-state index in [1.165, 1.54) is 17.9 Å². The number of aryl methyl sites for hydroxylation is 1. The van der Waals surface area contributed by atoms with Crippen LogP contribution in [0.3, 0.4) is 0 Å². The van der Waals surface area contributed by atoms with Gasteiger partial charge < -0.3 is 15.1 Å². The minimum absolute atomic E-state index is 0.454. The number of hydrogen-bond acceptors (Lipinski definition) is 8. The second kappa shape index (κ2) is 7.27. The van der Waals surface area contributed by atoms with E-state index in [1.54, 1.807) is 0 Å². The highest BCUT2D eigenvalue weighted by Crippen LogP contribution is 2.30. The van der Waals surface area contributed by atoms with Crippen molar-refractivity contribution in [3.05, 3.63) is 17.3 Å². The molecule has 1 fully saturated rings. The lowest BCUT2D eigenvalue weighted by Crippen LogP contribution is -2.31. The van der Waals surface area contributed by atoms with E-state index in [-0.39, 0.29) is 0 Å². The molecule has 9 heteroatoms. The molecule has 0 bridgehead atoms. The summed E-state index contributed by atoms with van der Waals surface area (Å²) >= 11 is 7.65. The smallest absolute Gasteiger partial charge is 0.205 e. The van der Waals surface area contributed by atoms with Gasteiger partial charge in [-0.15, -0.1) is 0 Å². The van der Waals surface area contributed by atoms with Crippen molar-refractivity contribution >= 4 is 39.8 Å². The molecule has 23 heavy (non-hydrogen) atoms. The SMILES string of the molecule is CCc1nsc(N2CCCN(c3ncnc(Cl)c3NC)CC2)n1. The molecule has 0 atom stereocenters. The topological polar surface area (TPSA) is 70.1 Å². The minimum atomic E-state index is 0.454. The number of hydrogen-bond donors (Lipinski definition) is 1. The van der Waals surface area contributed by atoms with Crippen molar-refractivity contribution in [1.29, 1.82) is 0 Å². The predicted molar refractivity (Wildman–Crippen MR) is 94.9 cm³/mol. The maximum atomic E-state index is 6.17. The van der Waals surface area contributed by atoms with Gasteiger partial charge in [0, 0.05) is 51.2 Å². The van der Waals surface area contributed by atoms with Crippen LogP contribution in [0.15, 0.2) is 6.33 Å². The Labute approximate surface area is 144 Å². The van der Waals surface area contributed by atoms with Crippen molar-refractivity contribution in [2.45, 2.75) is 19.8 Å². The Balaban J connectivity index is 1.75. The molecule has 1 N–H and O–H groups in total. The molecule has 3 rings (SSSR count). The van der Waals surface area contributed by atoms with E-state index in [1.807, 2.05) is 7.05 Å². The second-order valence-electron chi connectivity index (χ2n) is 5.29. The van der Waals surface area contributed by atoms with Crippen LogP contribution in [0.25, 0.3) is 0 Å². The largest absolute Gasteiger partial charge is 0.383 e. The maximum Gasteiger partial charge on any atom is 0.205 e. The predicted octanol–water partition coefficient (Wildman–Crippen LogP) is 2.30. The average molecular weight is 354 g/mol. The molecule has 0 radical (unpaired) electrons. The van der Waals surface area contributed by atoms with Gasteiger partial charge in [0.15, 0.2) is 11.0 Å². The minimum Gasteiger partial charge on any atom is -0.383 e. The second-order valence-corrected chi connectivity index (χ2v) is 6.38. The van der Waals surface area contributed by atoms with Crippen LogP contribution >= 0.6 is 23.1 Å². The Kier molecular flexibility index (Phi) is 5.12. The average Bonchev–Trinajstić information content (AvgIpc) is 2.92. The highest BCUT2D eigenvalue weighted by Gasteiger charge is 2.21. The number of nitrogens with one attached hydrogen (secondary N) is 1. The Hall–Kier alpha value is -1.67. The fourth-order valence-electron chi connectivity index (χ4n) is 2.65. The van der Waals surface area contributed by atoms with Gasteiger partial charge in [-0.1, -0.05) is 18.5 Å². The Bertz CT molecular complexity index is 662. The molecule has 0 aliphatic carbocycles. The van der Waals surface area contributed by atoms with Crippen LogP contribution < -0.4 is 15.1 Å². The first-order valence-electron chi connectivity index (χ1n) is 7.73. The van der Waals surface area contributed by atoms with Crippen molar-refractivity contribution in [2.24, 2.45) is 0 Å². The van der Waals surface area contributed by atoms with Crippen molar-refractivity contribution in [3.8, 4) is 0 Å². The van der Waals surface area contributed by atoms with Gasteiger partial charge in [0.05, 0.1) is 0 Å². The fraction of sp³-hybridized carbons (Fsp3) is 0.571. The molecule has 1 aliphatic heterocycles. The van der Waals surface area contributed by atoms with Crippen molar-refractivity contribution < 1.29 is 0 Å². The third-order valence-electron chi connectivity index (χ3n) is 3.87. The Morgan fingerprint density at radius 2 is 2.00 bits per heavy atom. The molecule has 1 aliphatic rings. The van der Waals surface area contributed by atoms with Crippen molar-refractivity contribution in [2.75, 3.05) is 48.3 Å². The van der Waals surface area contributed by atoms with Crippen LogP contribution in [-0.2, 0) is 6.42 Å². The summed E-state index contributed by atoms with van der Waals surface area (Å²) in [6, 6.07) is 0. The molecule has 3 heterocycles. The molecule has 0 spiro atoms. The fourth-order valence-corrected chi connectivity index (χ4v) is 3.67. The lowest BCUT2D eigenvalue weighted by atomic mass is 10.3. The van der Waals surface area contributed by atoms with Gasteiger partial charge in [-0.05, 0) is 6.42 Å². The zero-order valence-corrected chi connectivity index (χ0v) is 14.9. The van der Waals surface area contributed by atoms with E-state index in [4.69, 9.17) is 11.6 Å². The van der Waals surface area contributed by atoms with Gasteiger partial charge in [-0.25, -0.2) is 15.0 Å². The van der Waals surface area contributed by atoms with Gasteiger partial charge in [-0.3, -0.25) is 0 Å². The molecule has 2 aromatic heterocycles. The van der Waals surface area contributed by atoms with E-state index >= 15 is 0 Å². The molecule has 124 valence electrons. The van der Waals surface area contributed by atoms with E-state index in [0.717, 1.165) is 61.5 Å². The number of halogens is 1. The van der Waals surface area contributed by atoms with Gasteiger partial charge in [0.1, 0.15) is 17.8 Å². The highest BCUT2D eigenvalue weighted by molar-refractivity contribution is 7.09. The van der Waals surface area contributed by atoms with Crippen LogP contribution in [0.4, 0.5) is 16.6 Å². The summed E-state index contributed by atoms with van der Waals surface area (Å²) in [6.07, 6.45) is 3.42. The van der Waals surface area contributed by atoms with Crippen molar-refractivity contribution in [1.82, 2.24) is 19.3 Å². The summed E-state index contributed by atoms with van der Waals surface area (Å²) in [5, 5.41) is 4.57. The molecule has 0 unspecified atom stereocenters. The quantitative estimate of drug-likeness (QED) is 0.845. The third-order valence-corrected chi connectivity index (χ3v) is 4.97. The number of rotatable bonds is 4. The molecule has 0 saturated carbocycles. The zero-order chi connectivity index (χ0) is 16.2. The summed E-state index contributed by atoms with van der Waals surface area (Å²) in [5.74, 6) is 1.78. The zero-order valence-electron chi connectivity index (χ0n) is 13.3. The van der Waals surface area contributed by atoms with E-state index in [0.29, 0.717) is 5.15 Å². The van der Waals surface area contributed by atoms with Crippen LogP contribution in [0.1, 0.15) is 19.2 Å². The first-order valence-corrected chi connectivity index (χ1v) is 8.88. The number of aromatic nitrogens is 4. The lowest BCUT2D eigenvalue weighted by molar-refractivity contribution is 0.795.